The van der Waals surface area contributed by atoms with Crippen LogP contribution in [0.5, 0.6) is 0 Å². The first-order valence-corrected chi connectivity index (χ1v) is 10.7. The molecule has 2 N–H and O–H groups in total. The molecule has 0 radical (unpaired) electrons. The van der Waals surface area contributed by atoms with Crippen molar-refractivity contribution in [1.29, 1.82) is 0 Å². The van der Waals surface area contributed by atoms with Gasteiger partial charge in [0.25, 0.3) is 0 Å². The van der Waals surface area contributed by atoms with Gasteiger partial charge in [0.15, 0.2) is 0 Å². The van der Waals surface area contributed by atoms with Crippen molar-refractivity contribution >= 4 is 13.2 Å². The van der Waals surface area contributed by atoms with Crippen molar-refractivity contribution in [3.05, 3.63) is 0 Å². The topological polar surface area (TPSA) is 74.0 Å². The van der Waals surface area contributed by atoms with Gasteiger partial charge < -0.3 is 24.7 Å². The third-order valence-corrected chi connectivity index (χ3v) is 6.24. The average molecular weight is 382 g/mol. The second-order valence-corrected chi connectivity index (χ2v) is 9.07. The highest BCUT2D eigenvalue weighted by molar-refractivity contribution is 6.45. The van der Waals surface area contributed by atoms with Gasteiger partial charge in [0, 0.05) is 18.6 Å². The van der Waals surface area contributed by atoms with Crippen LogP contribution >= 0.6 is 0 Å². The van der Waals surface area contributed by atoms with Gasteiger partial charge in [-0.25, -0.2) is 4.79 Å². The van der Waals surface area contributed by atoms with Crippen LogP contribution in [0, 0.1) is 0 Å². The Morgan fingerprint density at radius 1 is 1.19 bits per heavy atom. The smallest absolute Gasteiger partial charge is 0.449 e. The van der Waals surface area contributed by atoms with Gasteiger partial charge in [0.05, 0.1) is 17.8 Å². The Balaban J connectivity index is 1.76. The van der Waals surface area contributed by atoms with E-state index < -0.39 is 0 Å². The largest absolute Gasteiger partial charge is 0.457 e. The molecule has 2 fully saturated rings. The monoisotopic (exact) mass is 382 g/mol. The molecule has 0 bridgehead atoms. The van der Waals surface area contributed by atoms with Crippen LogP contribution < -0.4 is 5.73 Å². The van der Waals surface area contributed by atoms with Gasteiger partial charge in [-0.3, -0.25) is 0 Å². The molecule has 0 saturated carbocycles. The van der Waals surface area contributed by atoms with E-state index >= 15 is 0 Å². The zero-order valence-electron chi connectivity index (χ0n) is 18.0. The molecule has 6 nitrogen and oxygen atoms in total. The number of hydrogen-bond acceptors (Lipinski definition) is 5. The summed E-state index contributed by atoms with van der Waals surface area (Å²) in [7, 11) is -0.140. The van der Waals surface area contributed by atoms with E-state index in [0.29, 0.717) is 13.2 Å². The summed E-state index contributed by atoms with van der Waals surface area (Å²) in [6.45, 7) is 11.6. The van der Waals surface area contributed by atoms with Crippen molar-refractivity contribution < 1.29 is 18.8 Å². The Morgan fingerprint density at radius 3 is 2.48 bits per heavy atom. The van der Waals surface area contributed by atoms with Crippen molar-refractivity contribution in [2.45, 2.75) is 109 Å². The molecule has 2 rings (SSSR count). The fourth-order valence-electron chi connectivity index (χ4n) is 3.76. The van der Waals surface area contributed by atoms with Crippen molar-refractivity contribution in [2.24, 2.45) is 5.73 Å². The molecule has 0 aromatic heterocycles. The number of piperidine rings is 1. The van der Waals surface area contributed by atoms with E-state index in [4.69, 9.17) is 19.8 Å². The Labute approximate surface area is 165 Å². The number of hydrogen-bond donors (Lipinski definition) is 1. The number of amides is 1. The molecule has 7 heteroatoms. The summed E-state index contributed by atoms with van der Waals surface area (Å²) in [5, 5.41) is 0. The highest BCUT2D eigenvalue weighted by atomic mass is 16.7. The summed E-state index contributed by atoms with van der Waals surface area (Å²) in [6, 6.07) is 0.360. The Hall–Kier alpha value is -0.785. The standard InChI is InChI=1S/C20H39BN2O4/c1-6-7-14-25-18(24)23-13-11-16(22)15-17(23)10-8-9-12-21-26-19(2,3)20(4,5)27-21/h16-17H,6-15,22H2,1-5H3/t16-,17-/m0/s1. The second-order valence-electron chi connectivity index (χ2n) is 9.07. The quantitative estimate of drug-likeness (QED) is 0.508. The number of carbonyl (C=O) groups excluding carboxylic acids is 1. The molecule has 2 aliphatic rings. The highest BCUT2D eigenvalue weighted by Gasteiger charge is 2.50. The number of ether oxygens (including phenoxy) is 1. The van der Waals surface area contributed by atoms with Crippen LogP contribution in [0.4, 0.5) is 4.79 Å². The molecule has 2 heterocycles. The van der Waals surface area contributed by atoms with E-state index in [1.807, 2.05) is 4.90 Å². The summed E-state index contributed by atoms with van der Waals surface area (Å²) in [5.74, 6) is 0. The number of likely N-dealkylation sites (tertiary alicyclic amines) is 1. The lowest BCUT2D eigenvalue weighted by Crippen LogP contribution is -2.49. The Bertz CT molecular complexity index is 471. The van der Waals surface area contributed by atoms with Crippen molar-refractivity contribution in [3.63, 3.8) is 0 Å². The number of carbonyl (C=O) groups is 1. The lowest BCUT2D eigenvalue weighted by molar-refractivity contribution is 0.00578. The van der Waals surface area contributed by atoms with E-state index in [1.165, 1.54) is 0 Å². The molecule has 0 aromatic carbocycles. The minimum Gasteiger partial charge on any atom is -0.449 e. The lowest BCUT2D eigenvalue weighted by atomic mass is 9.81. The molecule has 2 saturated heterocycles. The summed E-state index contributed by atoms with van der Waals surface area (Å²) >= 11 is 0. The fourth-order valence-corrected chi connectivity index (χ4v) is 3.76. The van der Waals surface area contributed by atoms with Crippen LogP contribution in [0.15, 0.2) is 0 Å². The maximum absolute atomic E-state index is 12.4. The van der Waals surface area contributed by atoms with Gasteiger partial charge in [-0.15, -0.1) is 0 Å². The van der Waals surface area contributed by atoms with Crippen LogP contribution in [0.3, 0.4) is 0 Å². The lowest BCUT2D eigenvalue weighted by Gasteiger charge is -2.37. The first-order valence-electron chi connectivity index (χ1n) is 10.7. The highest BCUT2D eigenvalue weighted by Crippen LogP contribution is 2.38. The van der Waals surface area contributed by atoms with Crippen LogP contribution in [0.2, 0.25) is 6.32 Å². The zero-order chi connectivity index (χ0) is 20.1. The molecule has 1 amide bonds. The summed E-state index contributed by atoms with van der Waals surface area (Å²) < 4.78 is 17.5. The average Bonchev–Trinajstić information content (AvgIpc) is 2.79. The third-order valence-electron chi connectivity index (χ3n) is 6.24. The fraction of sp³-hybridized carbons (Fsp3) is 0.950. The summed E-state index contributed by atoms with van der Waals surface area (Å²) in [6.07, 6.45) is 7.36. The van der Waals surface area contributed by atoms with Crippen LogP contribution in [-0.4, -0.2) is 54.5 Å². The van der Waals surface area contributed by atoms with Gasteiger partial charge in [-0.2, -0.15) is 0 Å². The van der Waals surface area contributed by atoms with Crippen molar-refractivity contribution in [3.8, 4) is 0 Å². The predicted molar refractivity (Wildman–Crippen MR) is 109 cm³/mol. The maximum atomic E-state index is 12.4. The summed E-state index contributed by atoms with van der Waals surface area (Å²) in [4.78, 5) is 14.3. The number of nitrogens with two attached hydrogens (primary N) is 1. The molecule has 156 valence electrons. The van der Waals surface area contributed by atoms with Gasteiger partial charge in [-0.05, 0) is 59.7 Å². The normalized spacial score (nSPS) is 27.0. The first kappa shape index (κ1) is 22.5. The molecule has 2 atom stereocenters. The first-order chi connectivity index (χ1) is 12.7. The van der Waals surface area contributed by atoms with Gasteiger partial charge >= 0.3 is 13.2 Å². The van der Waals surface area contributed by atoms with Crippen molar-refractivity contribution in [1.82, 2.24) is 4.90 Å². The van der Waals surface area contributed by atoms with Crippen LogP contribution in [-0.2, 0) is 14.0 Å². The van der Waals surface area contributed by atoms with E-state index in [2.05, 4.69) is 34.6 Å². The van der Waals surface area contributed by atoms with E-state index in [-0.39, 0.29) is 36.5 Å². The molecule has 27 heavy (non-hydrogen) atoms. The number of unbranched alkanes of at least 4 members (excludes halogenated alkanes) is 2. The Morgan fingerprint density at radius 2 is 1.85 bits per heavy atom. The Kier molecular flexibility index (Phi) is 8.01. The van der Waals surface area contributed by atoms with Crippen LogP contribution in [0.1, 0.15) is 79.6 Å². The molecule has 0 spiro atoms. The molecule has 0 aromatic rings. The van der Waals surface area contributed by atoms with Gasteiger partial charge in [0.1, 0.15) is 0 Å². The SMILES string of the molecule is CCCCOC(=O)N1CC[C@H](N)C[C@@H]1CCCCB1OC(C)(C)C(C)(C)O1. The molecule has 0 unspecified atom stereocenters. The van der Waals surface area contributed by atoms with Crippen LogP contribution in [0.25, 0.3) is 0 Å². The predicted octanol–water partition coefficient (Wildman–Crippen LogP) is 3.98. The summed E-state index contributed by atoms with van der Waals surface area (Å²) in [5.41, 5.74) is 5.61. The molecular formula is C20H39BN2O4. The maximum Gasteiger partial charge on any atom is 0.457 e. The van der Waals surface area contributed by atoms with E-state index in [9.17, 15) is 4.79 Å². The van der Waals surface area contributed by atoms with Gasteiger partial charge in [-0.1, -0.05) is 26.2 Å². The number of nitrogens with zero attached hydrogens (tertiary/aromatic N) is 1. The van der Waals surface area contributed by atoms with Gasteiger partial charge in [0.2, 0.25) is 0 Å². The third kappa shape index (κ3) is 6.10. The molecular weight excluding hydrogens is 343 g/mol. The second kappa shape index (κ2) is 9.61. The minimum atomic E-state index is -0.271. The molecule has 2 aliphatic heterocycles. The minimum absolute atomic E-state index is 0.140. The van der Waals surface area contributed by atoms with E-state index in [1.54, 1.807) is 0 Å². The zero-order valence-corrected chi connectivity index (χ0v) is 18.0. The number of rotatable bonds is 8. The van der Waals surface area contributed by atoms with E-state index in [0.717, 1.165) is 51.3 Å². The molecule has 0 aliphatic carbocycles. The van der Waals surface area contributed by atoms with Crippen molar-refractivity contribution in [2.75, 3.05) is 13.2 Å².